The largest absolute Gasteiger partial charge is 0.472 e. The zero-order chi connectivity index (χ0) is 18.2. The quantitative estimate of drug-likeness (QED) is 0.645. The summed E-state index contributed by atoms with van der Waals surface area (Å²) in [6.45, 7) is 0.418. The highest BCUT2D eigenvalue weighted by Gasteiger charge is 2.18. The van der Waals surface area contributed by atoms with E-state index in [-0.39, 0.29) is 11.8 Å². The third kappa shape index (κ3) is 4.83. The van der Waals surface area contributed by atoms with Gasteiger partial charge in [0.15, 0.2) is 0 Å². The highest BCUT2D eigenvalue weighted by atomic mass is 16.3. The minimum Gasteiger partial charge on any atom is -0.472 e. The van der Waals surface area contributed by atoms with Gasteiger partial charge in [-0.25, -0.2) is 0 Å². The van der Waals surface area contributed by atoms with Crippen LogP contribution in [0, 0.1) is 0 Å². The Morgan fingerprint density at radius 3 is 2.08 bits per heavy atom. The van der Waals surface area contributed by atoms with Gasteiger partial charge in [-0.1, -0.05) is 60.7 Å². The average Bonchev–Trinajstić information content (AvgIpc) is 3.22. The van der Waals surface area contributed by atoms with E-state index in [0.29, 0.717) is 19.4 Å². The average molecular weight is 349 g/mol. The number of nitrogens with one attached hydrogen (secondary N) is 1. The van der Waals surface area contributed by atoms with Gasteiger partial charge in [-0.3, -0.25) is 4.79 Å². The summed E-state index contributed by atoms with van der Waals surface area (Å²) >= 11 is 0. The number of carbonyl (C=O) groups excluding carboxylic acids is 1. The van der Waals surface area contributed by atoms with E-state index in [0.717, 1.165) is 16.7 Å². The van der Waals surface area contributed by atoms with Crippen molar-refractivity contribution >= 4 is 5.91 Å². The first-order chi connectivity index (χ1) is 12.7. The molecule has 0 fully saturated rings. The number of carbonyl (C=O) groups is 1. The Morgan fingerprint density at radius 2 is 1.54 bits per heavy atom. The Labute approximate surface area is 153 Å². The molecule has 2 aromatic carbocycles. The van der Waals surface area contributed by atoms with Crippen LogP contribution in [0.15, 0.2) is 83.7 Å². The van der Waals surface area contributed by atoms with E-state index in [9.17, 15) is 9.90 Å². The fourth-order valence-electron chi connectivity index (χ4n) is 3.04. The lowest BCUT2D eigenvalue weighted by Crippen LogP contribution is -2.27. The predicted octanol–water partition coefficient (Wildman–Crippen LogP) is 4.04. The third-order valence-electron chi connectivity index (χ3n) is 4.46. The standard InChI is InChI=1S/C22H23NO3/c24-21(19-12-14-26-16-19)11-13-23-22(25)15-20(17-7-3-1-4-8-17)18-9-5-2-6-10-18/h1-10,12,14,16,20-21,24H,11,13,15H2,(H,23,25). The van der Waals surface area contributed by atoms with Crippen LogP contribution in [0.2, 0.25) is 0 Å². The van der Waals surface area contributed by atoms with Crippen LogP contribution in [-0.4, -0.2) is 17.6 Å². The van der Waals surface area contributed by atoms with Crippen LogP contribution in [0.5, 0.6) is 0 Å². The highest BCUT2D eigenvalue weighted by Crippen LogP contribution is 2.27. The van der Waals surface area contributed by atoms with Gasteiger partial charge in [-0.2, -0.15) is 0 Å². The van der Waals surface area contributed by atoms with Crippen LogP contribution < -0.4 is 5.32 Å². The van der Waals surface area contributed by atoms with E-state index in [4.69, 9.17) is 4.42 Å². The van der Waals surface area contributed by atoms with Gasteiger partial charge in [-0.05, 0) is 23.6 Å². The van der Waals surface area contributed by atoms with Crippen molar-refractivity contribution in [2.24, 2.45) is 0 Å². The van der Waals surface area contributed by atoms with Gasteiger partial charge in [0, 0.05) is 24.4 Å². The number of aliphatic hydroxyl groups is 1. The molecule has 0 radical (unpaired) electrons. The molecule has 1 aromatic heterocycles. The second-order valence-corrected chi connectivity index (χ2v) is 6.29. The van der Waals surface area contributed by atoms with Gasteiger partial charge >= 0.3 is 0 Å². The maximum Gasteiger partial charge on any atom is 0.220 e. The monoisotopic (exact) mass is 349 g/mol. The normalized spacial score (nSPS) is 12.1. The van der Waals surface area contributed by atoms with Crippen molar-refractivity contribution in [3.63, 3.8) is 0 Å². The van der Waals surface area contributed by atoms with E-state index in [1.54, 1.807) is 6.07 Å². The predicted molar refractivity (Wildman–Crippen MR) is 101 cm³/mol. The topological polar surface area (TPSA) is 62.5 Å². The van der Waals surface area contributed by atoms with Gasteiger partial charge in [0.1, 0.15) is 0 Å². The molecule has 0 aliphatic rings. The fraction of sp³-hybridized carbons (Fsp3) is 0.227. The summed E-state index contributed by atoms with van der Waals surface area (Å²) in [4.78, 5) is 12.5. The molecule has 0 aliphatic heterocycles. The van der Waals surface area contributed by atoms with E-state index in [2.05, 4.69) is 5.32 Å². The van der Waals surface area contributed by atoms with Crippen LogP contribution in [0.1, 0.15) is 41.6 Å². The molecular formula is C22H23NO3. The number of rotatable bonds is 8. The smallest absolute Gasteiger partial charge is 0.220 e. The summed E-state index contributed by atoms with van der Waals surface area (Å²) < 4.78 is 4.97. The Hall–Kier alpha value is -2.85. The first-order valence-electron chi connectivity index (χ1n) is 8.81. The minimum absolute atomic E-state index is 0.0104. The number of furan rings is 1. The Balaban J connectivity index is 1.59. The molecule has 0 saturated carbocycles. The molecule has 1 atom stereocenters. The van der Waals surface area contributed by atoms with Gasteiger partial charge in [0.2, 0.25) is 5.91 Å². The lowest BCUT2D eigenvalue weighted by molar-refractivity contribution is -0.121. The summed E-state index contributed by atoms with van der Waals surface area (Å²) in [5.74, 6) is -0.0155. The number of aliphatic hydroxyl groups excluding tert-OH is 1. The summed E-state index contributed by atoms with van der Waals surface area (Å²) in [7, 11) is 0. The van der Waals surface area contributed by atoms with Crippen LogP contribution >= 0.6 is 0 Å². The number of hydrogen-bond donors (Lipinski definition) is 2. The summed E-state index contributed by atoms with van der Waals surface area (Å²) in [6, 6.07) is 21.8. The van der Waals surface area contributed by atoms with Crippen LogP contribution in [0.4, 0.5) is 0 Å². The molecule has 4 heteroatoms. The van der Waals surface area contributed by atoms with Crippen molar-refractivity contribution in [3.8, 4) is 0 Å². The molecule has 134 valence electrons. The van der Waals surface area contributed by atoms with Gasteiger partial charge in [0.05, 0.1) is 18.6 Å². The van der Waals surface area contributed by atoms with Crippen LogP contribution in [0.3, 0.4) is 0 Å². The van der Waals surface area contributed by atoms with Gasteiger partial charge in [-0.15, -0.1) is 0 Å². The van der Waals surface area contributed by atoms with E-state index in [1.807, 2.05) is 60.7 Å². The van der Waals surface area contributed by atoms with Gasteiger partial charge in [0.25, 0.3) is 0 Å². The van der Waals surface area contributed by atoms with Gasteiger partial charge < -0.3 is 14.8 Å². The summed E-state index contributed by atoms with van der Waals surface area (Å²) in [5, 5.41) is 13.0. The number of benzene rings is 2. The van der Waals surface area contributed by atoms with Crippen molar-refractivity contribution in [1.82, 2.24) is 5.32 Å². The van der Waals surface area contributed by atoms with Crippen molar-refractivity contribution < 1.29 is 14.3 Å². The molecule has 1 heterocycles. The molecule has 3 rings (SSSR count). The fourth-order valence-corrected chi connectivity index (χ4v) is 3.04. The molecule has 2 N–H and O–H groups in total. The molecule has 0 spiro atoms. The zero-order valence-electron chi connectivity index (χ0n) is 14.5. The molecule has 0 bridgehead atoms. The number of amides is 1. The lowest BCUT2D eigenvalue weighted by atomic mass is 9.88. The second-order valence-electron chi connectivity index (χ2n) is 6.29. The number of hydrogen-bond acceptors (Lipinski definition) is 3. The third-order valence-corrected chi connectivity index (χ3v) is 4.46. The Bertz CT molecular complexity index is 745. The summed E-state index contributed by atoms with van der Waals surface area (Å²) in [6.07, 6.45) is 3.24. The maximum atomic E-state index is 12.5. The molecule has 0 aliphatic carbocycles. The van der Waals surface area contributed by atoms with Crippen molar-refractivity contribution in [2.75, 3.05) is 6.54 Å². The zero-order valence-corrected chi connectivity index (χ0v) is 14.5. The SMILES string of the molecule is O=C(CC(c1ccccc1)c1ccccc1)NCCC(O)c1ccoc1. The molecular weight excluding hydrogens is 326 g/mol. The van der Waals surface area contributed by atoms with Crippen LogP contribution in [-0.2, 0) is 4.79 Å². The van der Waals surface area contributed by atoms with Crippen molar-refractivity contribution in [1.29, 1.82) is 0 Å². The van der Waals surface area contributed by atoms with E-state index >= 15 is 0 Å². The molecule has 0 saturated heterocycles. The van der Waals surface area contributed by atoms with Crippen molar-refractivity contribution in [3.05, 3.63) is 95.9 Å². The molecule has 26 heavy (non-hydrogen) atoms. The lowest BCUT2D eigenvalue weighted by Gasteiger charge is -2.18. The first kappa shape index (κ1) is 18.0. The van der Waals surface area contributed by atoms with E-state index < -0.39 is 6.10 Å². The molecule has 1 amide bonds. The van der Waals surface area contributed by atoms with E-state index in [1.165, 1.54) is 12.5 Å². The molecule has 3 aromatic rings. The highest BCUT2D eigenvalue weighted by molar-refractivity contribution is 5.77. The van der Waals surface area contributed by atoms with Crippen LogP contribution in [0.25, 0.3) is 0 Å². The maximum absolute atomic E-state index is 12.5. The second kappa shape index (κ2) is 9.02. The minimum atomic E-state index is -0.631. The Kier molecular flexibility index (Phi) is 6.23. The summed E-state index contributed by atoms with van der Waals surface area (Å²) in [5.41, 5.74) is 2.96. The Morgan fingerprint density at radius 1 is 0.923 bits per heavy atom. The van der Waals surface area contributed by atoms with Crippen molar-refractivity contribution in [2.45, 2.75) is 24.9 Å². The molecule has 1 unspecified atom stereocenters. The first-order valence-corrected chi connectivity index (χ1v) is 8.81. The molecule has 4 nitrogen and oxygen atoms in total.